The first-order valence-corrected chi connectivity index (χ1v) is 15.4. The van der Waals surface area contributed by atoms with E-state index in [2.05, 4.69) is 93.6 Å². The minimum atomic E-state index is -0.0233. The molecule has 0 atom stereocenters. The lowest BCUT2D eigenvalue weighted by Crippen LogP contribution is -2.12. The maximum atomic E-state index is 6.00. The summed E-state index contributed by atoms with van der Waals surface area (Å²) in [7, 11) is 0. The van der Waals surface area contributed by atoms with Gasteiger partial charge in [0.25, 0.3) is 0 Å². The fraction of sp³-hybridized carbons (Fsp3) is 0.316. The molecular weight excluding hydrogens is 528 g/mol. The number of rotatable bonds is 7. The van der Waals surface area contributed by atoms with E-state index in [1.165, 1.54) is 5.57 Å². The SMILES string of the molecule is C=C/C(=C\C=C(/C)Oc1ccc(-c2nc3ccc(-c4ccc5nc(C(C)(C)C)[nH]c5c4)cc3[nH]2)cc1)C(C)C.CC.CC. The summed E-state index contributed by atoms with van der Waals surface area (Å²) in [5.41, 5.74) is 8.39. The van der Waals surface area contributed by atoms with E-state index in [1.54, 1.807) is 0 Å². The van der Waals surface area contributed by atoms with Gasteiger partial charge in [0.15, 0.2) is 0 Å². The maximum Gasteiger partial charge on any atom is 0.138 e. The molecule has 3 aromatic carbocycles. The molecule has 0 aliphatic heterocycles. The van der Waals surface area contributed by atoms with Gasteiger partial charge in [-0.05, 0) is 84.1 Å². The smallest absolute Gasteiger partial charge is 0.138 e. The molecule has 5 nitrogen and oxygen atoms in total. The summed E-state index contributed by atoms with van der Waals surface area (Å²) < 4.78 is 6.00. The molecule has 2 heterocycles. The Kier molecular flexibility index (Phi) is 11.3. The van der Waals surface area contributed by atoms with E-state index >= 15 is 0 Å². The van der Waals surface area contributed by atoms with Gasteiger partial charge in [-0.1, -0.05) is 93.2 Å². The lowest BCUT2D eigenvalue weighted by molar-refractivity contribution is 0.428. The van der Waals surface area contributed by atoms with Crippen molar-refractivity contribution in [3.8, 4) is 28.3 Å². The van der Waals surface area contributed by atoms with E-state index in [4.69, 9.17) is 14.7 Å². The summed E-state index contributed by atoms with van der Waals surface area (Å²) >= 11 is 0. The van der Waals surface area contributed by atoms with Crippen molar-refractivity contribution in [2.45, 2.75) is 74.7 Å². The molecule has 0 unspecified atom stereocenters. The van der Waals surface area contributed by atoms with Gasteiger partial charge in [-0.2, -0.15) is 0 Å². The second kappa shape index (κ2) is 14.7. The number of H-pyrrole nitrogens is 2. The van der Waals surface area contributed by atoms with Crippen molar-refractivity contribution in [1.29, 1.82) is 0 Å². The number of aromatic amines is 2. The Morgan fingerprint density at radius 3 is 1.84 bits per heavy atom. The Hall–Kier alpha value is -4.38. The lowest BCUT2D eigenvalue weighted by atomic mass is 9.96. The summed E-state index contributed by atoms with van der Waals surface area (Å²) in [4.78, 5) is 16.6. The van der Waals surface area contributed by atoms with Gasteiger partial charge in [0.1, 0.15) is 23.2 Å². The lowest BCUT2D eigenvalue weighted by Gasteiger charge is -2.13. The van der Waals surface area contributed by atoms with Gasteiger partial charge in [0.05, 0.1) is 22.1 Å². The number of imidazole rings is 2. The summed E-state index contributed by atoms with van der Waals surface area (Å²) in [5.74, 6) is 3.85. The number of aromatic nitrogens is 4. The van der Waals surface area contributed by atoms with Crippen LogP contribution in [0.25, 0.3) is 44.6 Å². The number of hydrogen-bond donors (Lipinski definition) is 2. The van der Waals surface area contributed by atoms with E-state index in [0.29, 0.717) is 5.92 Å². The van der Waals surface area contributed by atoms with Crippen LogP contribution in [-0.2, 0) is 5.41 Å². The van der Waals surface area contributed by atoms with Gasteiger partial charge in [-0.15, -0.1) is 0 Å². The molecule has 0 spiro atoms. The summed E-state index contributed by atoms with van der Waals surface area (Å²) in [5, 5.41) is 0. The third-order valence-corrected chi connectivity index (χ3v) is 6.83. The van der Waals surface area contributed by atoms with E-state index in [1.807, 2.05) is 71.0 Å². The average Bonchev–Trinajstić information content (AvgIpc) is 3.64. The number of nitrogens with one attached hydrogen (secondary N) is 2. The summed E-state index contributed by atoms with van der Waals surface area (Å²) in [6, 6.07) is 20.7. The highest BCUT2D eigenvalue weighted by atomic mass is 16.5. The van der Waals surface area contributed by atoms with E-state index < -0.39 is 0 Å². The number of nitrogens with zero attached hydrogens (tertiary/aromatic N) is 2. The minimum Gasteiger partial charge on any atom is -0.462 e. The van der Waals surface area contributed by atoms with Gasteiger partial charge in [-0.3, -0.25) is 0 Å². The topological polar surface area (TPSA) is 66.6 Å². The van der Waals surface area contributed by atoms with Gasteiger partial charge in [-0.25, -0.2) is 9.97 Å². The van der Waals surface area contributed by atoms with Gasteiger partial charge in [0.2, 0.25) is 0 Å². The molecule has 0 saturated carbocycles. The summed E-state index contributed by atoms with van der Waals surface area (Å²) in [6.45, 7) is 24.6. The van der Waals surface area contributed by atoms with Crippen molar-refractivity contribution >= 4 is 22.1 Å². The van der Waals surface area contributed by atoms with Crippen LogP contribution < -0.4 is 4.74 Å². The number of allylic oxidation sites excluding steroid dienone is 5. The fourth-order valence-corrected chi connectivity index (χ4v) is 4.48. The van der Waals surface area contributed by atoms with Crippen LogP contribution in [0.15, 0.2) is 96.8 Å². The van der Waals surface area contributed by atoms with Crippen LogP contribution in [0.4, 0.5) is 0 Å². The second-order valence-electron chi connectivity index (χ2n) is 11.3. The second-order valence-corrected chi connectivity index (χ2v) is 11.3. The van der Waals surface area contributed by atoms with Crippen LogP contribution in [0.2, 0.25) is 0 Å². The molecule has 0 saturated heterocycles. The molecule has 0 aliphatic rings. The molecule has 0 aliphatic carbocycles. The van der Waals surface area contributed by atoms with Crippen LogP contribution in [0.3, 0.4) is 0 Å². The quantitative estimate of drug-likeness (QED) is 0.150. The van der Waals surface area contributed by atoms with Crippen molar-refractivity contribution < 1.29 is 4.74 Å². The maximum absolute atomic E-state index is 6.00. The molecule has 0 amide bonds. The first-order chi connectivity index (χ1) is 20.6. The van der Waals surface area contributed by atoms with Crippen LogP contribution in [-0.4, -0.2) is 19.9 Å². The molecule has 2 aromatic heterocycles. The number of hydrogen-bond acceptors (Lipinski definition) is 3. The predicted octanol–water partition coefficient (Wildman–Crippen LogP) is 11.2. The molecule has 5 rings (SSSR count). The first-order valence-electron chi connectivity index (χ1n) is 15.4. The minimum absolute atomic E-state index is 0.0233. The zero-order valence-corrected chi connectivity index (χ0v) is 27.6. The Balaban J connectivity index is 0.00000121. The Labute approximate surface area is 257 Å². The fourth-order valence-electron chi connectivity index (χ4n) is 4.48. The highest BCUT2D eigenvalue weighted by Gasteiger charge is 2.18. The monoisotopic (exact) mass is 576 g/mol. The molecule has 2 N–H and O–H groups in total. The highest BCUT2D eigenvalue weighted by molar-refractivity contribution is 5.87. The zero-order valence-electron chi connectivity index (χ0n) is 27.6. The van der Waals surface area contributed by atoms with Crippen molar-refractivity contribution in [2.24, 2.45) is 5.92 Å². The van der Waals surface area contributed by atoms with E-state index in [0.717, 1.165) is 61.9 Å². The van der Waals surface area contributed by atoms with Gasteiger partial charge in [0, 0.05) is 11.0 Å². The number of benzene rings is 3. The molecule has 226 valence electrons. The first kappa shape index (κ1) is 33.1. The molecule has 43 heavy (non-hydrogen) atoms. The van der Waals surface area contributed by atoms with Crippen LogP contribution in [0.5, 0.6) is 5.75 Å². The standard InChI is InChI=1S/C34H36N4O.2C2H6/c1-8-23(21(2)3)10-9-22(4)39-27-15-11-24(12-16-27)32-35-28-17-13-25(19-30(28)36-32)26-14-18-29-31(20-26)38-33(37-29)34(5,6)7;2*1-2/h8-21H,1H2,2-7H3,(H,35,36)(H,37,38);2*1-2H3/b22-9+,23-10+;;. The molecular formula is C38H48N4O. The zero-order chi connectivity index (χ0) is 31.7. The van der Waals surface area contributed by atoms with Crippen molar-refractivity contribution in [2.75, 3.05) is 0 Å². The van der Waals surface area contributed by atoms with Crippen molar-refractivity contribution in [1.82, 2.24) is 19.9 Å². The molecule has 5 aromatic rings. The Bertz CT molecular complexity index is 1710. The normalized spacial score (nSPS) is 12.1. The van der Waals surface area contributed by atoms with E-state index in [9.17, 15) is 0 Å². The van der Waals surface area contributed by atoms with Gasteiger partial charge >= 0.3 is 0 Å². The molecule has 0 radical (unpaired) electrons. The number of ether oxygens (including phenoxy) is 1. The van der Waals surface area contributed by atoms with Crippen LogP contribution in [0, 0.1) is 5.92 Å². The largest absolute Gasteiger partial charge is 0.462 e. The Morgan fingerprint density at radius 1 is 0.767 bits per heavy atom. The Morgan fingerprint density at radius 2 is 1.30 bits per heavy atom. The van der Waals surface area contributed by atoms with E-state index in [-0.39, 0.29) is 5.41 Å². The van der Waals surface area contributed by atoms with Crippen molar-refractivity contribution in [3.05, 3.63) is 103 Å². The highest BCUT2D eigenvalue weighted by Crippen LogP contribution is 2.30. The number of fused-ring (bicyclic) bond motifs is 2. The third kappa shape index (κ3) is 8.13. The molecule has 0 bridgehead atoms. The predicted molar refractivity (Wildman–Crippen MR) is 186 cm³/mol. The third-order valence-electron chi connectivity index (χ3n) is 6.83. The molecule has 5 heteroatoms. The van der Waals surface area contributed by atoms with Crippen molar-refractivity contribution in [3.63, 3.8) is 0 Å². The van der Waals surface area contributed by atoms with Crippen LogP contribution in [0.1, 0.15) is 75.1 Å². The van der Waals surface area contributed by atoms with Crippen LogP contribution >= 0.6 is 0 Å². The van der Waals surface area contributed by atoms with Gasteiger partial charge < -0.3 is 14.7 Å². The molecule has 0 fully saturated rings. The average molecular weight is 577 g/mol. The summed E-state index contributed by atoms with van der Waals surface area (Å²) in [6.07, 6.45) is 5.93.